The normalized spacial score (nSPS) is 19.0. The number of hydrogen-bond acceptors (Lipinski definition) is 6. The first kappa shape index (κ1) is 22.3. The van der Waals surface area contributed by atoms with Crippen molar-refractivity contribution in [2.24, 2.45) is 0 Å². The van der Waals surface area contributed by atoms with E-state index >= 15 is 0 Å². The summed E-state index contributed by atoms with van der Waals surface area (Å²) in [6.45, 7) is 0. The molecule has 1 aromatic carbocycles. The molecule has 0 spiro atoms. The lowest BCUT2D eigenvalue weighted by atomic mass is 9.97. The number of alkyl halides is 3. The van der Waals surface area contributed by atoms with Gasteiger partial charge in [-0.05, 0) is 42.5 Å². The van der Waals surface area contributed by atoms with Gasteiger partial charge in [-0.3, -0.25) is 4.79 Å². The molecule has 1 aliphatic carbocycles. The number of amides is 1. The van der Waals surface area contributed by atoms with Crippen LogP contribution in [0.5, 0.6) is 5.75 Å². The topological polar surface area (TPSA) is 92.0 Å². The van der Waals surface area contributed by atoms with Crippen molar-refractivity contribution < 1.29 is 22.7 Å². The van der Waals surface area contributed by atoms with Gasteiger partial charge >= 0.3 is 6.18 Å². The van der Waals surface area contributed by atoms with E-state index in [0.29, 0.717) is 21.9 Å². The molecule has 3 heterocycles. The summed E-state index contributed by atoms with van der Waals surface area (Å²) in [5, 5.41) is 19.7. The number of methoxy groups -OCH3 is 1. The first-order valence-electron chi connectivity index (χ1n) is 10.7. The molecule has 2 N–H and O–H groups in total. The van der Waals surface area contributed by atoms with Crippen molar-refractivity contribution in [3.8, 4) is 11.8 Å². The van der Waals surface area contributed by atoms with E-state index in [4.69, 9.17) is 4.74 Å². The van der Waals surface area contributed by atoms with Gasteiger partial charge in [-0.1, -0.05) is 12.1 Å². The Bertz CT molecular complexity index is 1310. The summed E-state index contributed by atoms with van der Waals surface area (Å²) in [7, 11) is 1.49. The number of carbonyl (C=O) groups is 1. The fraction of sp³-hybridized carbons (Fsp3) is 0.348. The van der Waals surface area contributed by atoms with Crippen LogP contribution in [0.3, 0.4) is 0 Å². The van der Waals surface area contributed by atoms with E-state index in [1.807, 2.05) is 0 Å². The highest BCUT2D eigenvalue weighted by molar-refractivity contribution is 7.16. The van der Waals surface area contributed by atoms with Gasteiger partial charge in [-0.25, -0.2) is 4.68 Å². The van der Waals surface area contributed by atoms with Gasteiger partial charge in [0.15, 0.2) is 11.7 Å². The number of fused-ring (bicyclic) bond motifs is 2. The van der Waals surface area contributed by atoms with E-state index in [1.165, 1.54) is 24.5 Å². The first-order chi connectivity index (χ1) is 16.3. The summed E-state index contributed by atoms with van der Waals surface area (Å²) in [6, 6.07) is 7.76. The summed E-state index contributed by atoms with van der Waals surface area (Å²) in [6.07, 6.45) is -2.24. The Kier molecular flexibility index (Phi) is 5.48. The van der Waals surface area contributed by atoms with Gasteiger partial charge in [-0.2, -0.15) is 23.5 Å². The highest BCUT2D eigenvalue weighted by Gasteiger charge is 2.47. The Morgan fingerprint density at radius 3 is 2.91 bits per heavy atom. The third-order valence-corrected chi connectivity index (χ3v) is 7.39. The number of nitrogens with zero attached hydrogens (tertiary/aromatic N) is 3. The standard InChI is InChI=1S/C23H20F3N5O2S/c1-33-13-5-2-4-12(8-13)16-9-19(23(24,25)26)31-20(28-16)10-17(30-31)21(32)29-22-15(11-27)14-6-3-7-18(14)34-22/h2,4-5,8,10,16,19,28H,3,6-7,9H2,1H3,(H,29,32)/t16-,19-/m0/s1. The zero-order chi connectivity index (χ0) is 24.0. The van der Waals surface area contributed by atoms with Crippen LogP contribution in [0.25, 0.3) is 0 Å². The molecule has 1 amide bonds. The number of ether oxygens (including phenoxy) is 1. The molecule has 2 aliphatic rings. The Morgan fingerprint density at radius 1 is 1.35 bits per heavy atom. The molecule has 7 nitrogen and oxygen atoms in total. The molecule has 0 saturated heterocycles. The predicted molar refractivity (Wildman–Crippen MR) is 120 cm³/mol. The van der Waals surface area contributed by atoms with Crippen molar-refractivity contribution in [3.05, 3.63) is 57.6 Å². The van der Waals surface area contributed by atoms with Crippen LogP contribution in [-0.2, 0) is 12.8 Å². The quantitative estimate of drug-likeness (QED) is 0.526. The molecule has 0 radical (unpaired) electrons. The zero-order valence-electron chi connectivity index (χ0n) is 18.1. The van der Waals surface area contributed by atoms with Crippen molar-refractivity contribution in [1.82, 2.24) is 9.78 Å². The molecule has 2 atom stereocenters. The summed E-state index contributed by atoms with van der Waals surface area (Å²) in [5.74, 6) is -0.0159. The molecule has 0 fully saturated rings. The number of carbonyl (C=O) groups excluding carboxylic acids is 1. The zero-order valence-corrected chi connectivity index (χ0v) is 18.9. The molecule has 3 aromatic rings. The van der Waals surface area contributed by atoms with Crippen LogP contribution >= 0.6 is 11.3 Å². The Balaban J connectivity index is 1.45. The van der Waals surface area contributed by atoms with Crippen molar-refractivity contribution in [3.63, 3.8) is 0 Å². The van der Waals surface area contributed by atoms with Gasteiger partial charge in [0.25, 0.3) is 5.91 Å². The second kappa shape index (κ2) is 8.36. The van der Waals surface area contributed by atoms with Crippen molar-refractivity contribution in [1.29, 1.82) is 5.26 Å². The van der Waals surface area contributed by atoms with Crippen LogP contribution in [0.1, 0.15) is 57.0 Å². The number of benzene rings is 1. The number of rotatable bonds is 4. The van der Waals surface area contributed by atoms with E-state index in [0.717, 1.165) is 34.4 Å². The summed E-state index contributed by atoms with van der Waals surface area (Å²) in [5.41, 5.74) is 1.87. The van der Waals surface area contributed by atoms with Gasteiger partial charge < -0.3 is 15.4 Å². The van der Waals surface area contributed by atoms with E-state index < -0.39 is 24.2 Å². The minimum absolute atomic E-state index is 0.0979. The molecule has 11 heteroatoms. The molecule has 2 aromatic heterocycles. The molecule has 0 saturated carbocycles. The number of anilines is 2. The monoisotopic (exact) mass is 487 g/mol. The number of thiophene rings is 1. The fourth-order valence-electron chi connectivity index (χ4n) is 4.54. The van der Waals surface area contributed by atoms with Crippen molar-refractivity contribution in [2.45, 2.75) is 43.9 Å². The maximum Gasteiger partial charge on any atom is 0.410 e. The van der Waals surface area contributed by atoms with Gasteiger partial charge in [-0.15, -0.1) is 11.3 Å². The summed E-state index contributed by atoms with van der Waals surface area (Å²) in [4.78, 5) is 14.0. The molecule has 0 bridgehead atoms. The Labute approximate surface area is 197 Å². The summed E-state index contributed by atoms with van der Waals surface area (Å²) >= 11 is 1.34. The number of halogens is 3. The molecular weight excluding hydrogens is 467 g/mol. The van der Waals surface area contributed by atoms with Crippen LogP contribution in [0, 0.1) is 11.3 Å². The van der Waals surface area contributed by atoms with Crippen molar-refractivity contribution >= 4 is 28.1 Å². The largest absolute Gasteiger partial charge is 0.497 e. The molecular formula is C23H20F3N5O2S. The number of hydrogen-bond donors (Lipinski definition) is 2. The Hall–Kier alpha value is -3.52. The SMILES string of the molecule is COc1cccc([C@@H]2C[C@@H](C(F)(F)F)n3nc(C(=O)Nc4sc5c(c4C#N)CCC5)cc3N2)c1. The third kappa shape index (κ3) is 3.88. The molecule has 1 aliphatic heterocycles. The fourth-order valence-corrected chi connectivity index (χ4v) is 5.77. The second-order valence-electron chi connectivity index (χ2n) is 8.25. The first-order valence-corrected chi connectivity index (χ1v) is 11.5. The maximum absolute atomic E-state index is 14.0. The highest BCUT2D eigenvalue weighted by Crippen LogP contribution is 2.44. The second-order valence-corrected chi connectivity index (χ2v) is 9.36. The summed E-state index contributed by atoms with van der Waals surface area (Å²) < 4.78 is 47.9. The molecule has 176 valence electrons. The predicted octanol–water partition coefficient (Wildman–Crippen LogP) is 5.23. The van der Waals surface area contributed by atoms with Gasteiger partial charge in [0.05, 0.1) is 18.7 Å². The van der Waals surface area contributed by atoms with Crippen LogP contribution < -0.4 is 15.4 Å². The minimum atomic E-state index is -4.56. The average molecular weight is 488 g/mol. The smallest absolute Gasteiger partial charge is 0.410 e. The number of nitrogens with one attached hydrogen (secondary N) is 2. The number of nitriles is 1. The number of aromatic nitrogens is 2. The van der Waals surface area contributed by atoms with Gasteiger partial charge in [0.2, 0.25) is 0 Å². The van der Waals surface area contributed by atoms with Crippen LogP contribution in [-0.4, -0.2) is 29.0 Å². The van der Waals surface area contributed by atoms with Gasteiger partial charge in [0, 0.05) is 17.4 Å². The minimum Gasteiger partial charge on any atom is -0.497 e. The molecule has 5 rings (SSSR count). The molecule has 34 heavy (non-hydrogen) atoms. The van der Waals surface area contributed by atoms with Gasteiger partial charge in [0.1, 0.15) is 22.6 Å². The maximum atomic E-state index is 14.0. The van der Waals surface area contributed by atoms with Crippen LogP contribution in [0.2, 0.25) is 0 Å². The lowest BCUT2D eigenvalue weighted by Gasteiger charge is -2.33. The highest BCUT2D eigenvalue weighted by atomic mass is 32.1. The Morgan fingerprint density at radius 2 is 2.18 bits per heavy atom. The van der Waals surface area contributed by atoms with Crippen LogP contribution in [0.4, 0.5) is 24.0 Å². The third-order valence-electron chi connectivity index (χ3n) is 6.18. The van der Waals surface area contributed by atoms with E-state index in [1.54, 1.807) is 24.3 Å². The number of aryl methyl sites for hydroxylation is 1. The average Bonchev–Trinajstić information content (AvgIpc) is 3.51. The molecule has 0 unspecified atom stereocenters. The van der Waals surface area contributed by atoms with Crippen molar-refractivity contribution in [2.75, 3.05) is 17.7 Å². The van der Waals surface area contributed by atoms with Crippen LogP contribution in [0.15, 0.2) is 30.3 Å². The lowest BCUT2D eigenvalue weighted by molar-refractivity contribution is -0.173. The lowest BCUT2D eigenvalue weighted by Crippen LogP contribution is -2.35. The van der Waals surface area contributed by atoms with E-state index in [9.17, 15) is 23.2 Å². The van der Waals surface area contributed by atoms with E-state index in [-0.39, 0.29) is 17.9 Å². The van der Waals surface area contributed by atoms with E-state index in [2.05, 4.69) is 21.8 Å².